The van der Waals surface area contributed by atoms with Gasteiger partial charge in [-0.25, -0.2) is 9.67 Å². The van der Waals surface area contributed by atoms with Gasteiger partial charge in [-0.2, -0.15) is 10.2 Å². The highest BCUT2D eigenvalue weighted by atomic mass is 16.2. The highest BCUT2D eigenvalue weighted by Gasteiger charge is 2.09. The summed E-state index contributed by atoms with van der Waals surface area (Å²) in [5.41, 5.74) is 2.80. The Kier molecular flexibility index (Phi) is 3.96. The molecule has 1 N–H and O–H groups in total. The Balaban J connectivity index is 1.46. The number of carbonyl (C=O) groups excluding carboxylic acids is 1. The van der Waals surface area contributed by atoms with Gasteiger partial charge in [-0.1, -0.05) is 36.4 Å². The molecular weight excluding hydrogens is 316 g/mol. The number of para-hydroxylation sites is 2. The third kappa shape index (κ3) is 3.12. The molecule has 2 heterocycles. The van der Waals surface area contributed by atoms with E-state index in [1.54, 1.807) is 21.9 Å². The average Bonchev–Trinajstić information content (AvgIpc) is 3.31. The first-order valence-electron chi connectivity index (χ1n) is 7.91. The van der Waals surface area contributed by atoms with Crippen molar-refractivity contribution in [3.8, 4) is 5.69 Å². The summed E-state index contributed by atoms with van der Waals surface area (Å²) in [6.45, 7) is 0.590. The van der Waals surface area contributed by atoms with Gasteiger partial charge in [0.1, 0.15) is 19.2 Å². The second kappa shape index (κ2) is 6.56. The predicted octanol–water partition coefficient (Wildman–Crippen LogP) is 1.93. The Hall–Kier alpha value is -3.48. The van der Waals surface area contributed by atoms with Crippen LogP contribution in [0.15, 0.2) is 67.4 Å². The predicted molar refractivity (Wildman–Crippen MR) is 92.9 cm³/mol. The Morgan fingerprint density at radius 2 is 1.88 bits per heavy atom. The Morgan fingerprint density at radius 1 is 1.04 bits per heavy atom. The van der Waals surface area contributed by atoms with Gasteiger partial charge in [0.25, 0.3) is 0 Å². The maximum Gasteiger partial charge on any atom is 0.242 e. The zero-order valence-corrected chi connectivity index (χ0v) is 13.4. The van der Waals surface area contributed by atoms with Crippen LogP contribution in [0.2, 0.25) is 0 Å². The lowest BCUT2D eigenvalue weighted by Crippen LogP contribution is -2.28. The average molecular weight is 332 g/mol. The van der Waals surface area contributed by atoms with Crippen molar-refractivity contribution < 1.29 is 4.79 Å². The van der Waals surface area contributed by atoms with Gasteiger partial charge in [-0.3, -0.25) is 9.48 Å². The van der Waals surface area contributed by atoms with Crippen molar-refractivity contribution in [1.29, 1.82) is 0 Å². The standard InChI is InChI=1S/C18H16N6O/c25-18(11-23-16-7-3-2-6-15(16)10-21-23)20-9-14-5-1-4-8-17(14)24-13-19-12-22-24/h1-8,10,12-13H,9,11H2,(H,20,25). The van der Waals surface area contributed by atoms with Crippen LogP contribution in [0.5, 0.6) is 0 Å². The monoisotopic (exact) mass is 332 g/mol. The summed E-state index contributed by atoms with van der Waals surface area (Å²) in [7, 11) is 0. The van der Waals surface area contributed by atoms with Crippen LogP contribution in [-0.2, 0) is 17.9 Å². The number of hydrogen-bond donors (Lipinski definition) is 1. The minimum absolute atomic E-state index is 0.0951. The van der Waals surface area contributed by atoms with Crippen LogP contribution >= 0.6 is 0 Å². The summed E-state index contributed by atoms with van der Waals surface area (Å²) in [5.74, 6) is -0.0951. The van der Waals surface area contributed by atoms with Crippen LogP contribution in [0.3, 0.4) is 0 Å². The highest BCUT2D eigenvalue weighted by Crippen LogP contribution is 2.14. The van der Waals surface area contributed by atoms with Crippen molar-refractivity contribution in [2.24, 2.45) is 0 Å². The smallest absolute Gasteiger partial charge is 0.242 e. The summed E-state index contributed by atoms with van der Waals surface area (Å²) in [4.78, 5) is 16.3. The topological polar surface area (TPSA) is 77.6 Å². The zero-order valence-electron chi connectivity index (χ0n) is 13.4. The van der Waals surface area contributed by atoms with E-state index in [9.17, 15) is 4.79 Å². The fourth-order valence-electron chi connectivity index (χ4n) is 2.75. The Bertz CT molecular complexity index is 1010. The highest BCUT2D eigenvalue weighted by molar-refractivity contribution is 5.81. The molecule has 0 spiro atoms. The minimum Gasteiger partial charge on any atom is -0.350 e. The van der Waals surface area contributed by atoms with Crippen LogP contribution in [0.25, 0.3) is 16.6 Å². The van der Waals surface area contributed by atoms with Gasteiger partial charge < -0.3 is 5.32 Å². The minimum atomic E-state index is -0.0951. The van der Waals surface area contributed by atoms with Gasteiger partial charge in [0.05, 0.1) is 17.4 Å². The lowest BCUT2D eigenvalue weighted by molar-refractivity contribution is -0.121. The van der Waals surface area contributed by atoms with E-state index in [0.717, 1.165) is 22.2 Å². The molecule has 4 aromatic rings. The number of rotatable bonds is 5. The molecule has 0 atom stereocenters. The number of aromatic nitrogens is 5. The fraction of sp³-hybridized carbons (Fsp3) is 0.111. The summed E-state index contributed by atoms with van der Waals surface area (Å²) in [6.07, 6.45) is 4.89. The second-order valence-electron chi connectivity index (χ2n) is 5.61. The molecule has 0 aliphatic carbocycles. The van der Waals surface area contributed by atoms with Crippen LogP contribution in [0.1, 0.15) is 5.56 Å². The molecule has 4 rings (SSSR count). The molecule has 0 saturated carbocycles. The van der Waals surface area contributed by atoms with Crippen molar-refractivity contribution in [2.45, 2.75) is 13.1 Å². The normalized spacial score (nSPS) is 10.9. The summed E-state index contributed by atoms with van der Waals surface area (Å²) >= 11 is 0. The van der Waals surface area contributed by atoms with Crippen molar-refractivity contribution in [2.75, 3.05) is 0 Å². The van der Waals surface area contributed by atoms with E-state index in [0.29, 0.717) is 6.54 Å². The Morgan fingerprint density at radius 3 is 2.76 bits per heavy atom. The van der Waals surface area contributed by atoms with E-state index < -0.39 is 0 Å². The largest absolute Gasteiger partial charge is 0.350 e. The summed E-state index contributed by atoms with van der Waals surface area (Å²) in [6, 6.07) is 15.6. The van der Waals surface area contributed by atoms with Crippen LogP contribution in [0.4, 0.5) is 0 Å². The van der Waals surface area contributed by atoms with E-state index in [1.165, 1.54) is 6.33 Å². The molecule has 2 aromatic carbocycles. The second-order valence-corrected chi connectivity index (χ2v) is 5.61. The van der Waals surface area contributed by atoms with Gasteiger partial charge in [-0.15, -0.1) is 0 Å². The maximum absolute atomic E-state index is 12.3. The van der Waals surface area contributed by atoms with Gasteiger partial charge in [0.15, 0.2) is 0 Å². The molecule has 1 amide bonds. The van der Waals surface area contributed by atoms with Crippen LogP contribution in [0, 0.1) is 0 Å². The lowest BCUT2D eigenvalue weighted by Gasteiger charge is -2.10. The number of amides is 1. The van der Waals surface area contributed by atoms with Crippen molar-refractivity contribution >= 4 is 16.8 Å². The number of benzene rings is 2. The number of hydrogen-bond acceptors (Lipinski definition) is 4. The van der Waals surface area contributed by atoms with E-state index in [4.69, 9.17) is 0 Å². The number of nitrogens with zero attached hydrogens (tertiary/aromatic N) is 5. The number of carbonyl (C=O) groups is 1. The van der Waals surface area contributed by atoms with E-state index >= 15 is 0 Å². The molecular formula is C18H16N6O. The summed E-state index contributed by atoms with van der Waals surface area (Å²) in [5, 5.41) is 12.4. The third-order valence-electron chi connectivity index (χ3n) is 3.98. The molecule has 7 heteroatoms. The molecule has 0 fully saturated rings. The van der Waals surface area contributed by atoms with Crippen molar-refractivity contribution in [3.63, 3.8) is 0 Å². The molecule has 2 aromatic heterocycles. The van der Waals surface area contributed by atoms with E-state index in [1.807, 2.05) is 48.5 Å². The van der Waals surface area contributed by atoms with Crippen molar-refractivity contribution in [1.82, 2.24) is 29.9 Å². The number of nitrogens with one attached hydrogen (secondary N) is 1. The SMILES string of the molecule is O=C(Cn1ncc2ccccc21)NCc1ccccc1-n1cncn1. The van der Waals surface area contributed by atoms with Crippen molar-refractivity contribution in [3.05, 3.63) is 72.9 Å². The summed E-state index contributed by atoms with van der Waals surface area (Å²) < 4.78 is 3.39. The third-order valence-corrected chi connectivity index (χ3v) is 3.98. The van der Waals surface area contributed by atoms with Crippen LogP contribution < -0.4 is 5.32 Å². The molecule has 0 saturated heterocycles. The first-order chi connectivity index (χ1) is 12.3. The maximum atomic E-state index is 12.3. The fourth-order valence-corrected chi connectivity index (χ4v) is 2.75. The number of fused-ring (bicyclic) bond motifs is 1. The van der Waals surface area contributed by atoms with Gasteiger partial charge >= 0.3 is 0 Å². The molecule has 124 valence electrons. The zero-order chi connectivity index (χ0) is 17.1. The molecule has 0 aliphatic heterocycles. The van der Waals surface area contributed by atoms with Gasteiger partial charge in [-0.05, 0) is 17.7 Å². The lowest BCUT2D eigenvalue weighted by atomic mass is 10.2. The molecule has 0 radical (unpaired) electrons. The van der Waals surface area contributed by atoms with Gasteiger partial charge in [0, 0.05) is 11.9 Å². The first kappa shape index (κ1) is 15.1. The first-order valence-corrected chi connectivity index (χ1v) is 7.91. The molecule has 0 bridgehead atoms. The van der Waals surface area contributed by atoms with E-state index in [-0.39, 0.29) is 12.5 Å². The Labute approximate surface area is 143 Å². The molecule has 0 unspecified atom stereocenters. The molecule has 25 heavy (non-hydrogen) atoms. The molecule has 0 aliphatic rings. The van der Waals surface area contributed by atoms with E-state index in [2.05, 4.69) is 20.5 Å². The van der Waals surface area contributed by atoms with Crippen LogP contribution in [-0.4, -0.2) is 30.5 Å². The molecule has 7 nitrogen and oxygen atoms in total. The quantitative estimate of drug-likeness (QED) is 0.606. The van der Waals surface area contributed by atoms with Gasteiger partial charge in [0.2, 0.25) is 5.91 Å².